The molecule has 0 aliphatic carbocycles. The summed E-state index contributed by atoms with van der Waals surface area (Å²) in [5, 5.41) is 9.80. The van der Waals surface area contributed by atoms with Crippen molar-refractivity contribution in [1.82, 2.24) is 14.9 Å². The van der Waals surface area contributed by atoms with Crippen LogP contribution in [0.3, 0.4) is 0 Å². The first kappa shape index (κ1) is 16.2. The second kappa shape index (κ2) is 7.18. The maximum absolute atomic E-state index is 12.8. The molecule has 1 amide bonds. The average Bonchev–Trinajstić information content (AvgIpc) is 2.71. The molecule has 1 unspecified atom stereocenters. The summed E-state index contributed by atoms with van der Waals surface area (Å²) < 4.78 is 0. The van der Waals surface area contributed by atoms with Crippen molar-refractivity contribution in [2.45, 2.75) is 51.5 Å². The van der Waals surface area contributed by atoms with Gasteiger partial charge >= 0.3 is 0 Å². The normalized spacial score (nSPS) is 19.7. The van der Waals surface area contributed by atoms with E-state index in [4.69, 9.17) is 11.6 Å². The first-order valence-corrected chi connectivity index (χ1v) is 7.86. The number of aromatic nitrogens is 2. The number of amides is 1. The molecule has 1 N–H and O–H groups in total. The van der Waals surface area contributed by atoms with Crippen molar-refractivity contribution < 1.29 is 9.90 Å². The van der Waals surface area contributed by atoms with Crippen LogP contribution >= 0.6 is 11.6 Å². The third kappa shape index (κ3) is 3.71. The monoisotopic (exact) mass is 311 g/mol. The highest BCUT2D eigenvalue weighted by Crippen LogP contribution is 2.22. The SMILES string of the molecule is CC(C)c1ncc(Cl)c(C(=O)N2CCCCCC2CO)n1. The van der Waals surface area contributed by atoms with Crippen LogP contribution in [0.1, 0.15) is 61.8 Å². The largest absolute Gasteiger partial charge is 0.394 e. The van der Waals surface area contributed by atoms with Gasteiger partial charge in [0.1, 0.15) is 5.82 Å². The Morgan fingerprint density at radius 3 is 2.90 bits per heavy atom. The number of carbonyl (C=O) groups excluding carboxylic acids is 1. The van der Waals surface area contributed by atoms with Crippen LogP contribution in [0.4, 0.5) is 0 Å². The molecular formula is C15H22ClN3O2. The molecule has 1 fully saturated rings. The fourth-order valence-corrected chi connectivity index (χ4v) is 2.75. The molecule has 116 valence electrons. The van der Waals surface area contributed by atoms with Gasteiger partial charge in [0.15, 0.2) is 5.69 Å². The Hall–Kier alpha value is -1.20. The third-order valence-corrected chi connectivity index (χ3v) is 4.11. The highest BCUT2D eigenvalue weighted by molar-refractivity contribution is 6.33. The van der Waals surface area contributed by atoms with Crippen molar-refractivity contribution in [3.05, 3.63) is 22.7 Å². The zero-order valence-electron chi connectivity index (χ0n) is 12.5. The van der Waals surface area contributed by atoms with E-state index in [-0.39, 0.29) is 35.2 Å². The molecule has 2 heterocycles. The summed E-state index contributed by atoms with van der Waals surface area (Å²) in [5.74, 6) is 0.537. The topological polar surface area (TPSA) is 66.3 Å². The Bertz CT molecular complexity index is 508. The Morgan fingerprint density at radius 1 is 1.48 bits per heavy atom. The molecular weight excluding hydrogens is 290 g/mol. The minimum Gasteiger partial charge on any atom is -0.394 e. The molecule has 0 bridgehead atoms. The lowest BCUT2D eigenvalue weighted by Gasteiger charge is -2.28. The van der Waals surface area contributed by atoms with Gasteiger partial charge in [0.25, 0.3) is 5.91 Å². The maximum Gasteiger partial charge on any atom is 0.274 e. The predicted octanol–water partition coefficient (Wildman–Crippen LogP) is 2.63. The predicted molar refractivity (Wildman–Crippen MR) is 81.5 cm³/mol. The molecule has 1 saturated heterocycles. The number of halogens is 1. The highest BCUT2D eigenvalue weighted by atomic mass is 35.5. The van der Waals surface area contributed by atoms with E-state index in [9.17, 15) is 9.90 Å². The fourth-order valence-electron chi connectivity index (χ4n) is 2.58. The fraction of sp³-hybridized carbons (Fsp3) is 0.667. The van der Waals surface area contributed by atoms with Crippen LogP contribution in [0, 0.1) is 0 Å². The van der Waals surface area contributed by atoms with Gasteiger partial charge < -0.3 is 10.0 Å². The Kier molecular flexibility index (Phi) is 5.53. The van der Waals surface area contributed by atoms with Crippen LogP contribution in [0.2, 0.25) is 5.02 Å². The number of likely N-dealkylation sites (tertiary alicyclic amines) is 1. The van der Waals surface area contributed by atoms with Gasteiger partial charge in [-0.2, -0.15) is 0 Å². The van der Waals surface area contributed by atoms with Gasteiger partial charge in [-0.15, -0.1) is 0 Å². The van der Waals surface area contributed by atoms with E-state index >= 15 is 0 Å². The van der Waals surface area contributed by atoms with E-state index in [0.717, 1.165) is 25.7 Å². The third-order valence-electron chi connectivity index (χ3n) is 3.83. The van der Waals surface area contributed by atoms with Crippen molar-refractivity contribution in [3.63, 3.8) is 0 Å². The summed E-state index contributed by atoms with van der Waals surface area (Å²) >= 11 is 6.11. The van der Waals surface area contributed by atoms with Crippen LogP contribution in [0.25, 0.3) is 0 Å². The van der Waals surface area contributed by atoms with Gasteiger partial charge in [0, 0.05) is 12.5 Å². The molecule has 5 nitrogen and oxygen atoms in total. The second-order valence-electron chi connectivity index (χ2n) is 5.76. The number of aliphatic hydroxyl groups excluding tert-OH is 1. The van der Waals surface area contributed by atoms with E-state index in [1.807, 2.05) is 13.8 Å². The van der Waals surface area contributed by atoms with Crippen molar-refractivity contribution >= 4 is 17.5 Å². The van der Waals surface area contributed by atoms with Crippen molar-refractivity contribution in [2.75, 3.05) is 13.2 Å². The summed E-state index contributed by atoms with van der Waals surface area (Å²) in [6, 6.07) is -0.145. The van der Waals surface area contributed by atoms with Crippen molar-refractivity contribution in [1.29, 1.82) is 0 Å². The van der Waals surface area contributed by atoms with Crippen LogP contribution in [-0.4, -0.2) is 45.1 Å². The first-order valence-electron chi connectivity index (χ1n) is 7.48. The molecule has 1 atom stereocenters. The smallest absolute Gasteiger partial charge is 0.274 e. The summed E-state index contributed by atoms with van der Waals surface area (Å²) in [4.78, 5) is 23.0. The van der Waals surface area contributed by atoms with Gasteiger partial charge in [0.05, 0.1) is 23.9 Å². The lowest BCUT2D eigenvalue weighted by Crippen LogP contribution is -2.42. The Balaban J connectivity index is 2.31. The van der Waals surface area contributed by atoms with Gasteiger partial charge in [-0.25, -0.2) is 9.97 Å². The molecule has 1 aromatic heterocycles. The number of carbonyl (C=O) groups is 1. The first-order chi connectivity index (χ1) is 10.0. The number of hydrogen-bond donors (Lipinski definition) is 1. The van der Waals surface area contributed by atoms with Crippen molar-refractivity contribution in [3.8, 4) is 0 Å². The van der Waals surface area contributed by atoms with Crippen LogP contribution in [-0.2, 0) is 0 Å². The van der Waals surface area contributed by atoms with Crippen LogP contribution in [0.5, 0.6) is 0 Å². The zero-order valence-corrected chi connectivity index (χ0v) is 13.3. The minimum atomic E-state index is -0.203. The molecule has 1 aliphatic heterocycles. The van der Waals surface area contributed by atoms with E-state index in [2.05, 4.69) is 9.97 Å². The molecule has 1 aliphatic rings. The number of hydrogen-bond acceptors (Lipinski definition) is 4. The zero-order chi connectivity index (χ0) is 15.4. The molecule has 6 heteroatoms. The number of aliphatic hydroxyl groups is 1. The summed E-state index contributed by atoms with van der Waals surface area (Å²) in [6.07, 6.45) is 5.37. The van der Waals surface area contributed by atoms with Crippen LogP contribution < -0.4 is 0 Å². The molecule has 2 rings (SSSR count). The van der Waals surface area contributed by atoms with Gasteiger partial charge in [0.2, 0.25) is 0 Å². The van der Waals surface area contributed by atoms with E-state index < -0.39 is 0 Å². The molecule has 21 heavy (non-hydrogen) atoms. The quantitative estimate of drug-likeness (QED) is 0.932. The maximum atomic E-state index is 12.8. The number of rotatable bonds is 3. The second-order valence-corrected chi connectivity index (χ2v) is 6.17. The van der Waals surface area contributed by atoms with Crippen molar-refractivity contribution in [2.24, 2.45) is 0 Å². The lowest BCUT2D eigenvalue weighted by atomic mass is 10.1. The van der Waals surface area contributed by atoms with E-state index in [0.29, 0.717) is 12.4 Å². The molecule has 0 spiro atoms. The minimum absolute atomic E-state index is 0.0223. The molecule has 1 aromatic rings. The molecule has 0 radical (unpaired) electrons. The van der Waals surface area contributed by atoms with E-state index in [1.54, 1.807) is 4.90 Å². The van der Waals surface area contributed by atoms with Crippen LogP contribution in [0.15, 0.2) is 6.20 Å². The standard InChI is InChI=1S/C15H22ClN3O2/c1-10(2)14-17-8-12(16)13(18-14)15(21)19-7-5-3-4-6-11(19)9-20/h8,10-11,20H,3-7,9H2,1-2H3. The summed E-state index contributed by atoms with van der Waals surface area (Å²) in [6.45, 7) is 4.56. The summed E-state index contributed by atoms with van der Waals surface area (Å²) in [5.41, 5.74) is 0.246. The molecule has 0 aromatic carbocycles. The average molecular weight is 312 g/mol. The number of nitrogens with zero attached hydrogens (tertiary/aromatic N) is 3. The van der Waals surface area contributed by atoms with Gasteiger partial charge in [-0.1, -0.05) is 38.3 Å². The van der Waals surface area contributed by atoms with Gasteiger partial charge in [-0.3, -0.25) is 4.79 Å². The van der Waals surface area contributed by atoms with Gasteiger partial charge in [-0.05, 0) is 12.8 Å². The van der Waals surface area contributed by atoms with E-state index in [1.165, 1.54) is 6.20 Å². The highest BCUT2D eigenvalue weighted by Gasteiger charge is 2.28. The Labute approximate surface area is 130 Å². The lowest BCUT2D eigenvalue weighted by molar-refractivity contribution is 0.0593. The summed E-state index contributed by atoms with van der Waals surface area (Å²) in [7, 11) is 0. The molecule has 0 saturated carbocycles. The Morgan fingerprint density at radius 2 is 2.24 bits per heavy atom.